The van der Waals surface area contributed by atoms with E-state index < -0.39 is 12.2 Å². The number of hydrogen-bond acceptors (Lipinski definition) is 7. The first kappa shape index (κ1) is 20.3. The van der Waals surface area contributed by atoms with Crippen molar-refractivity contribution in [3.63, 3.8) is 0 Å². The zero-order valence-corrected chi connectivity index (χ0v) is 16.5. The fourth-order valence-electron chi connectivity index (χ4n) is 3.54. The van der Waals surface area contributed by atoms with E-state index in [9.17, 15) is 4.79 Å². The second-order valence-corrected chi connectivity index (χ2v) is 7.67. The summed E-state index contributed by atoms with van der Waals surface area (Å²) < 4.78 is 16.8. The van der Waals surface area contributed by atoms with Crippen LogP contribution in [-0.2, 0) is 25.4 Å². The molecule has 0 spiro atoms. The van der Waals surface area contributed by atoms with Gasteiger partial charge in [0.15, 0.2) is 6.10 Å². The molecule has 0 saturated carbocycles. The molecule has 1 aromatic rings. The lowest BCUT2D eigenvalue weighted by molar-refractivity contribution is -0.137. The average Bonchev–Trinajstić information content (AvgIpc) is 3.35. The number of methoxy groups -OCH3 is 2. The molecule has 148 valence electrons. The van der Waals surface area contributed by atoms with Crippen LogP contribution in [0.5, 0.6) is 0 Å². The first-order valence-corrected chi connectivity index (χ1v) is 10.1. The molecular formula is C19H27N3O4S. The highest BCUT2D eigenvalue weighted by molar-refractivity contribution is 8.14. The summed E-state index contributed by atoms with van der Waals surface area (Å²) in [5.41, 5.74) is 6.91. The van der Waals surface area contributed by atoms with E-state index in [1.54, 1.807) is 26.0 Å². The molecule has 3 rings (SSSR count). The number of nitrogens with one attached hydrogen (secondary N) is 1. The third-order valence-electron chi connectivity index (χ3n) is 4.85. The zero-order valence-electron chi connectivity index (χ0n) is 15.7. The predicted molar refractivity (Wildman–Crippen MR) is 106 cm³/mol. The summed E-state index contributed by atoms with van der Waals surface area (Å²) in [6, 6.07) is 9.88. The summed E-state index contributed by atoms with van der Waals surface area (Å²) in [5.74, 6) is 0.717. The maximum Gasteiger partial charge on any atom is 0.252 e. The van der Waals surface area contributed by atoms with Crippen LogP contribution >= 0.6 is 11.8 Å². The second kappa shape index (κ2) is 9.66. The van der Waals surface area contributed by atoms with Crippen molar-refractivity contribution in [1.82, 2.24) is 5.32 Å². The van der Waals surface area contributed by atoms with Gasteiger partial charge in [0.05, 0.1) is 17.2 Å². The topological polar surface area (TPSA) is 95.2 Å². The Labute approximate surface area is 164 Å². The maximum absolute atomic E-state index is 13.0. The molecule has 0 radical (unpaired) electrons. The Morgan fingerprint density at radius 1 is 1.33 bits per heavy atom. The molecule has 1 amide bonds. The standard InChI is InChI=1S/C19H27N3O4S/c1-24-15-14(11-20)26-17(16(15)25-2)18(23)22-13(19-21-8-9-27-19)10-12-6-4-3-5-7-12/h3-7,13-17H,8-11,20H2,1-2H3,(H,22,23)/t13-,14+,15+,16-,17+/m0/s1. The summed E-state index contributed by atoms with van der Waals surface area (Å²) in [6.07, 6.45) is -1.34. The molecule has 2 aliphatic rings. The number of nitrogens with zero attached hydrogens (tertiary/aromatic N) is 1. The third kappa shape index (κ3) is 4.70. The van der Waals surface area contributed by atoms with Gasteiger partial charge < -0.3 is 25.3 Å². The van der Waals surface area contributed by atoms with Gasteiger partial charge in [0.1, 0.15) is 12.2 Å². The second-order valence-electron chi connectivity index (χ2n) is 6.55. The Morgan fingerprint density at radius 3 is 2.67 bits per heavy atom. The van der Waals surface area contributed by atoms with Crippen molar-refractivity contribution in [2.45, 2.75) is 36.9 Å². The number of rotatable bonds is 8. The van der Waals surface area contributed by atoms with Crippen molar-refractivity contribution < 1.29 is 19.0 Å². The fraction of sp³-hybridized carbons (Fsp3) is 0.579. The number of benzene rings is 1. The van der Waals surface area contributed by atoms with Crippen LogP contribution in [0.1, 0.15) is 5.56 Å². The molecule has 0 unspecified atom stereocenters. The highest BCUT2D eigenvalue weighted by atomic mass is 32.2. The van der Waals surface area contributed by atoms with Gasteiger partial charge in [0.25, 0.3) is 5.91 Å². The van der Waals surface area contributed by atoms with E-state index in [1.807, 2.05) is 18.2 Å². The van der Waals surface area contributed by atoms with Gasteiger partial charge in [0.2, 0.25) is 0 Å². The predicted octanol–water partition coefficient (Wildman–Crippen LogP) is 0.615. The van der Waals surface area contributed by atoms with Crippen molar-refractivity contribution in [2.24, 2.45) is 10.7 Å². The molecule has 0 aliphatic carbocycles. The third-order valence-corrected chi connectivity index (χ3v) is 5.95. The highest BCUT2D eigenvalue weighted by Gasteiger charge is 2.48. The summed E-state index contributed by atoms with van der Waals surface area (Å²) in [4.78, 5) is 17.6. The van der Waals surface area contributed by atoms with Crippen LogP contribution in [0.25, 0.3) is 0 Å². The van der Waals surface area contributed by atoms with Crippen LogP contribution in [0.4, 0.5) is 0 Å². The monoisotopic (exact) mass is 393 g/mol. The van der Waals surface area contributed by atoms with Gasteiger partial charge in [-0.15, -0.1) is 11.8 Å². The van der Waals surface area contributed by atoms with E-state index >= 15 is 0 Å². The molecule has 27 heavy (non-hydrogen) atoms. The molecule has 2 aliphatic heterocycles. The molecule has 3 N–H and O–H groups in total. The number of hydrogen-bond donors (Lipinski definition) is 2. The van der Waals surface area contributed by atoms with Gasteiger partial charge in [-0.2, -0.15) is 0 Å². The molecule has 1 fully saturated rings. The SMILES string of the molecule is CO[C@H]1[C@H](OC)[C@H](C(=O)N[C@@H](Cc2ccccc2)C2=NCCS2)O[C@@H]1CN. The van der Waals surface area contributed by atoms with Gasteiger partial charge in [-0.05, 0) is 12.0 Å². The quantitative estimate of drug-likeness (QED) is 0.672. The first-order valence-electron chi connectivity index (χ1n) is 9.10. The fourth-order valence-corrected chi connectivity index (χ4v) is 4.46. The molecule has 2 heterocycles. The molecule has 5 atom stereocenters. The number of thioether (sulfide) groups is 1. The largest absolute Gasteiger partial charge is 0.376 e. The van der Waals surface area contributed by atoms with Crippen LogP contribution in [0, 0.1) is 0 Å². The molecule has 0 aromatic heterocycles. The van der Waals surface area contributed by atoms with Crippen LogP contribution in [-0.4, -0.2) is 74.5 Å². The number of ether oxygens (including phenoxy) is 3. The molecule has 8 heteroatoms. The average molecular weight is 394 g/mol. The lowest BCUT2D eigenvalue weighted by Crippen LogP contribution is -2.50. The summed E-state index contributed by atoms with van der Waals surface area (Å²) in [5, 5.41) is 4.07. The number of amides is 1. The first-order chi connectivity index (χ1) is 13.2. The molecule has 0 bridgehead atoms. The Kier molecular flexibility index (Phi) is 7.26. The van der Waals surface area contributed by atoms with E-state index in [2.05, 4.69) is 22.4 Å². The van der Waals surface area contributed by atoms with Gasteiger partial charge in [-0.3, -0.25) is 9.79 Å². The number of carbonyl (C=O) groups is 1. The minimum absolute atomic E-state index is 0.188. The summed E-state index contributed by atoms with van der Waals surface area (Å²) in [6.45, 7) is 1.04. The molecule has 1 saturated heterocycles. The Hall–Kier alpha value is -1.45. The maximum atomic E-state index is 13.0. The van der Waals surface area contributed by atoms with Crippen molar-refractivity contribution in [3.05, 3.63) is 35.9 Å². The van der Waals surface area contributed by atoms with Crippen LogP contribution < -0.4 is 11.1 Å². The van der Waals surface area contributed by atoms with Crippen LogP contribution in [0.2, 0.25) is 0 Å². The van der Waals surface area contributed by atoms with Crippen LogP contribution in [0.3, 0.4) is 0 Å². The highest BCUT2D eigenvalue weighted by Crippen LogP contribution is 2.26. The van der Waals surface area contributed by atoms with E-state index in [1.165, 1.54) is 0 Å². The Morgan fingerprint density at radius 2 is 2.07 bits per heavy atom. The lowest BCUT2D eigenvalue weighted by Gasteiger charge is -2.24. The lowest BCUT2D eigenvalue weighted by atomic mass is 10.0. The summed E-state index contributed by atoms with van der Waals surface area (Å²) >= 11 is 1.69. The number of aliphatic imine (C=N–C) groups is 1. The minimum Gasteiger partial charge on any atom is -0.376 e. The molecule has 7 nitrogen and oxygen atoms in total. The van der Waals surface area contributed by atoms with E-state index in [0.29, 0.717) is 6.42 Å². The van der Waals surface area contributed by atoms with Gasteiger partial charge in [-0.1, -0.05) is 30.3 Å². The number of nitrogens with two attached hydrogens (primary N) is 1. The van der Waals surface area contributed by atoms with Crippen molar-refractivity contribution in [1.29, 1.82) is 0 Å². The molecule has 1 aromatic carbocycles. The van der Waals surface area contributed by atoms with Gasteiger partial charge >= 0.3 is 0 Å². The Bertz CT molecular complexity index is 658. The smallest absolute Gasteiger partial charge is 0.252 e. The number of carbonyl (C=O) groups excluding carboxylic acids is 1. The van der Waals surface area contributed by atoms with Crippen molar-refractivity contribution in [2.75, 3.05) is 33.1 Å². The van der Waals surface area contributed by atoms with Crippen LogP contribution in [0.15, 0.2) is 35.3 Å². The van der Waals surface area contributed by atoms with E-state index in [4.69, 9.17) is 19.9 Å². The minimum atomic E-state index is -0.765. The molecular weight excluding hydrogens is 366 g/mol. The Balaban J connectivity index is 1.73. The van der Waals surface area contributed by atoms with E-state index in [-0.39, 0.29) is 30.7 Å². The van der Waals surface area contributed by atoms with Gasteiger partial charge in [-0.25, -0.2) is 0 Å². The van der Waals surface area contributed by atoms with E-state index in [0.717, 1.165) is 22.9 Å². The zero-order chi connectivity index (χ0) is 19.2. The normalized spacial score (nSPS) is 28.8. The summed E-state index contributed by atoms with van der Waals surface area (Å²) in [7, 11) is 3.13. The van der Waals surface area contributed by atoms with Crippen molar-refractivity contribution in [3.8, 4) is 0 Å². The van der Waals surface area contributed by atoms with Crippen molar-refractivity contribution >= 4 is 22.7 Å². The van der Waals surface area contributed by atoms with Gasteiger partial charge in [0, 0.05) is 33.1 Å².